The van der Waals surface area contributed by atoms with Gasteiger partial charge < -0.3 is 28.4 Å². The summed E-state index contributed by atoms with van der Waals surface area (Å²) in [5, 5.41) is 1.88. The first-order valence-corrected chi connectivity index (χ1v) is 16.5. The van der Waals surface area contributed by atoms with Gasteiger partial charge in [0.05, 0.1) is 48.8 Å². The van der Waals surface area contributed by atoms with E-state index in [1.54, 1.807) is 97.1 Å². The van der Waals surface area contributed by atoms with Crippen molar-refractivity contribution in [3.8, 4) is 45.6 Å². The van der Waals surface area contributed by atoms with Gasteiger partial charge in [0.1, 0.15) is 28.7 Å². The molecule has 262 valence electrons. The largest absolute Gasteiger partial charge is 0.497 e. The van der Waals surface area contributed by atoms with E-state index < -0.39 is 17.9 Å². The highest BCUT2D eigenvalue weighted by molar-refractivity contribution is 6.21. The molecule has 0 spiro atoms. The standard InChI is InChI=1S/C44H32O9/c1-48-31-21-15-28(16-22-31)42(45)51-36-13-7-11-34-38(27-9-5-4-6-10-27)35-12-8-14-37(52-43(46)29-17-23-32(49-2)24-18-29)40(35)41(39(34)36)53-44(47)30-19-25-33(50-3)26-20-30/h4-26H,1-3H3. The lowest BCUT2D eigenvalue weighted by Gasteiger charge is -2.20. The first-order chi connectivity index (χ1) is 25.9. The van der Waals surface area contributed by atoms with Gasteiger partial charge in [0.2, 0.25) is 0 Å². The number of esters is 3. The quantitative estimate of drug-likeness (QED) is 0.0782. The molecule has 53 heavy (non-hydrogen) atoms. The molecule has 7 aromatic carbocycles. The third-order valence-electron chi connectivity index (χ3n) is 8.68. The predicted octanol–water partition coefficient (Wildman–Crippen LogP) is 9.34. The van der Waals surface area contributed by atoms with Gasteiger partial charge in [0, 0.05) is 0 Å². The third kappa shape index (κ3) is 6.96. The second-order valence-electron chi connectivity index (χ2n) is 11.8. The Labute approximate surface area is 304 Å². The van der Waals surface area contributed by atoms with Crippen LogP contribution in [0.5, 0.6) is 34.5 Å². The number of methoxy groups -OCH3 is 3. The lowest BCUT2D eigenvalue weighted by molar-refractivity contribution is 0.0728. The molecule has 9 heteroatoms. The van der Waals surface area contributed by atoms with Gasteiger partial charge in [-0.1, -0.05) is 54.6 Å². The van der Waals surface area contributed by atoms with Gasteiger partial charge in [0.25, 0.3) is 0 Å². The van der Waals surface area contributed by atoms with E-state index in [-0.39, 0.29) is 33.9 Å². The minimum absolute atomic E-state index is 0.0340. The van der Waals surface area contributed by atoms with Crippen molar-refractivity contribution in [1.29, 1.82) is 0 Å². The lowest BCUT2D eigenvalue weighted by atomic mass is 9.90. The van der Waals surface area contributed by atoms with Gasteiger partial charge in [-0.3, -0.25) is 0 Å². The number of rotatable bonds is 10. The van der Waals surface area contributed by atoms with Crippen LogP contribution >= 0.6 is 0 Å². The Morgan fingerprint density at radius 1 is 0.396 bits per heavy atom. The number of hydrogen-bond acceptors (Lipinski definition) is 9. The van der Waals surface area contributed by atoms with Crippen molar-refractivity contribution in [2.45, 2.75) is 0 Å². The van der Waals surface area contributed by atoms with Crippen LogP contribution in [0.2, 0.25) is 0 Å². The number of hydrogen-bond donors (Lipinski definition) is 0. The highest BCUT2D eigenvalue weighted by Crippen LogP contribution is 2.50. The van der Waals surface area contributed by atoms with Crippen LogP contribution in [0.3, 0.4) is 0 Å². The zero-order valence-electron chi connectivity index (χ0n) is 29.0. The fourth-order valence-corrected chi connectivity index (χ4v) is 6.06. The number of benzene rings is 7. The highest BCUT2D eigenvalue weighted by Gasteiger charge is 2.26. The molecule has 7 rings (SSSR count). The summed E-state index contributed by atoms with van der Waals surface area (Å²) in [7, 11) is 4.61. The Balaban J connectivity index is 1.48. The van der Waals surface area contributed by atoms with Crippen molar-refractivity contribution in [2.24, 2.45) is 0 Å². The fraction of sp³-hybridized carbons (Fsp3) is 0.0682. The smallest absolute Gasteiger partial charge is 0.343 e. The fourth-order valence-electron chi connectivity index (χ4n) is 6.06. The molecule has 0 bridgehead atoms. The average Bonchev–Trinajstić information content (AvgIpc) is 3.21. The monoisotopic (exact) mass is 704 g/mol. The maximum absolute atomic E-state index is 14.0. The van der Waals surface area contributed by atoms with Crippen molar-refractivity contribution in [1.82, 2.24) is 0 Å². The Bertz CT molecular complexity index is 2330. The number of carbonyl (C=O) groups excluding carboxylic acids is 3. The Morgan fingerprint density at radius 3 is 1.15 bits per heavy atom. The van der Waals surface area contributed by atoms with Crippen LogP contribution in [-0.4, -0.2) is 39.2 Å². The summed E-state index contributed by atoms with van der Waals surface area (Å²) >= 11 is 0. The molecule has 0 fully saturated rings. The summed E-state index contributed by atoms with van der Waals surface area (Å²) in [4.78, 5) is 41.3. The Morgan fingerprint density at radius 2 is 0.774 bits per heavy atom. The van der Waals surface area contributed by atoms with E-state index >= 15 is 0 Å². The number of carbonyl (C=O) groups is 3. The molecule has 7 aromatic rings. The predicted molar refractivity (Wildman–Crippen MR) is 201 cm³/mol. The summed E-state index contributed by atoms with van der Waals surface area (Å²) in [5.41, 5.74) is 2.35. The molecule has 0 aromatic heterocycles. The van der Waals surface area contributed by atoms with Crippen LogP contribution in [0.4, 0.5) is 0 Å². The van der Waals surface area contributed by atoms with Gasteiger partial charge in [0.15, 0.2) is 5.75 Å². The first kappa shape index (κ1) is 34.3. The third-order valence-corrected chi connectivity index (χ3v) is 8.68. The molecule has 0 saturated heterocycles. The van der Waals surface area contributed by atoms with Crippen LogP contribution in [0.25, 0.3) is 32.7 Å². The van der Waals surface area contributed by atoms with E-state index in [2.05, 4.69) is 0 Å². The number of ether oxygens (including phenoxy) is 6. The van der Waals surface area contributed by atoms with E-state index in [1.165, 1.54) is 21.3 Å². The maximum atomic E-state index is 14.0. The normalized spacial score (nSPS) is 10.8. The van der Waals surface area contributed by atoms with E-state index in [0.717, 1.165) is 11.1 Å². The Hall–Kier alpha value is -7.13. The van der Waals surface area contributed by atoms with Gasteiger partial charge in [-0.05, 0) is 107 Å². The van der Waals surface area contributed by atoms with Gasteiger partial charge in [-0.2, -0.15) is 0 Å². The summed E-state index contributed by atoms with van der Waals surface area (Å²) in [6.07, 6.45) is 0. The summed E-state index contributed by atoms with van der Waals surface area (Å²) in [5.74, 6) is 0.00572. The molecular weight excluding hydrogens is 672 g/mol. The van der Waals surface area contributed by atoms with E-state index in [0.29, 0.717) is 38.8 Å². The van der Waals surface area contributed by atoms with Crippen LogP contribution in [0.15, 0.2) is 140 Å². The second-order valence-corrected chi connectivity index (χ2v) is 11.8. The van der Waals surface area contributed by atoms with Crippen molar-refractivity contribution < 1.29 is 42.8 Å². The van der Waals surface area contributed by atoms with Crippen molar-refractivity contribution >= 4 is 39.5 Å². The molecule has 0 saturated carbocycles. The number of fused-ring (bicyclic) bond motifs is 2. The molecule has 0 amide bonds. The zero-order chi connectivity index (χ0) is 36.9. The lowest BCUT2D eigenvalue weighted by Crippen LogP contribution is -2.13. The van der Waals surface area contributed by atoms with Crippen molar-refractivity contribution in [2.75, 3.05) is 21.3 Å². The van der Waals surface area contributed by atoms with Crippen molar-refractivity contribution in [3.63, 3.8) is 0 Å². The average molecular weight is 705 g/mol. The summed E-state index contributed by atoms with van der Waals surface area (Å²) in [6, 6.07) is 39.6. The SMILES string of the molecule is COc1ccc(C(=O)Oc2cccc3c(-c4ccccc4)c4cccc(OC(=O)c5ccc(OC)cc5)c4c(OC(=O)c4ccc(OC)cc4)c23)cc1. The van der Waals surface area contributed by atoms with Crippen LogP contribution < -0.4 is 28.4 Å². The van der Waals surface area contributed by atoms with Gasteiger partial charge in [-0.25, -0.2) is 14.4 Å². The molecule has 0 aliphatic rings. The molecule has 0 radical (unpaired) electrons. The molecular formula is C44H32O9. The first-order valence-electron chi connectivity index (χ1n) is 16.5. The second kappa shape index (κ2) is 15.0. The minimum atomic E-state index is -0.699. The van der Waals surface area contributed by atoms with Gasteiger partial charge in [-0.15, -0.1) is 0 Å². The van der Waals surface area contributed by atoms with Crippen LogP contribution in [-0.2, 0) is 0 Å². The van der Waals surface area contributed by atoms with E-state index in [4.69, 9.17) is 28.4 Å². The topological polar surface area (TPSA) is 107 Å². The maximum Gasteiger partial charge on any atom is 0.343 e. The molecule has 0 heterocycles. The van der Waals surface area contributed by atoms with E-state index in [9.17, 15) is 14.4 Å². The summed E-state index contributed by atoms with van der Waals surface area (Å²) < 4.78 is 34.3. The summed E-state index contributed by atoms with van der Waals surface area (Å²) in [6.45, 7) is 0. The molecule has 0 N–H and O–H groups in total. The van der Waals surface area contributed by atoms with Crippen LogP contribution in [0, 0.1) is 0 Å². The van der Waals surface area contributed by atoms with E-state index in [1.807, 2.05) is 42.5 Å². The molecule has 0 atom stereocenters. The molecule has 9 nitrogen and oxygen atoms in total. The minimum Gasteiger partial charge on any atom is -0.497 e. The Kier molecular flexibility index (Phi) is 9.72. The molecule has 0 aliphatic carbocycles. The van der Waals surface area contributed by atoms with Crippen LogP contribution in [0.1, 0.15) is 31.1 Å². The zero-order valence-corrected chi connectivity index (χ0v) is 29.0. The van der Waals surface area contributed by atoms with Crippen molar-refractivity contribution in [3.05, 3.63) is 156 Å². The highest BCUT2D eigenvalue weighted by atomic mass is 16.6. The molecule has 0 aliphatic heterocycles. The molecule has 0 unspecified atom stereocenters. The van der Waals surface area contributed by atoms with Gasteiger partial charge >= 0.3 is 17.9 Å².